The molecule has 9 heteroatoms. The summed E-state index contributed by atoms with van der Waals surface area (Å²) in [5.74, 6) is -2.30. The summed E-state index contributed by atoms with van der Waals surface area (Å²) >= 11 is 0. The molecule has 2 amide bonds. The number of nitrogens with one attached hydrogen (secondary N) is 2. The topological polar surface area (TPSA) is 142 Å². The third-order valence-electron chi connectivity index (χ3n) is 10.4. The van der Waals surface area contributed by atoms with E-state index < -0.39 is 24.5 Å². The summed E-state index contributed by atoms with van der Waals surface area (Å²) < 4.78 is 6.03. The number of amides is 2. The number of hydrogen-bond acceptors (Lipinski definition) is 6. The van der Waals surface area contributed by atoms with Crippen LogP contribution in [0.4, 0.5) is 0 Å². The van der Waals surface area contributed by atoms with Crippen molar-refractivity contribution in [2.75, 3.05) is 13.2 Å². The molecule has 2 atom stereocenters. The molecule has 0 aromatic heterocycles. The summed E-state index contributed by atoms with van der Waals surface area (Å²) in [6.07, 6.45) is 48.8. The van der Waals surface area contributed by atoms with E-state index in [-0.39, 0.29) is 24.5 Å². The highest BCUT2D eigenvalue weighted by Gasteiger charge is 2.19. The molecule has 4 N–H and O–H groups in total. The van der Waals surface area contributed by atoms with Gasteiger partial charge in [-0.25, -0.2) is 4.79 Å². The van der Waals surface area contributed by atoms with E-state index in [2.05, 4.69) is 60.9 Å². The van der Waals surface area contributed by atoms with Gasteiger partial charge in [0.1, 0.15) is 12.1 Å². The number of aliphatic hydroxyl groups is 1. The molecule has 0 bridgehead atoms. The minimum atomic E-state index is -1.38. The summed E-state index contributed by atoms with van der Waals surface area (Å²) in [7, 11) is 0. The van der Waals surface area contributed by atoms with Crippen LogP contribution < -0.4 is 10.6 Å². The maximum atomic E-state index is 12.8. The van der Waals surface area contributed by atoms with E-state index in [1.807, 2.05) is 0 Å². The third-order valence-corrected chi connectivity index (χ3v) is 10.4. The van der Waals surface area contributed by atoms with Gasteiger partial charge in [0.25, 0.3) is 0 Å². The molecule has 0 radical (unpaired) electrons. The number of hydrogen-bond donors (Lipinski definition) is 4. The van der Waals surface area contributed by atoms with Crippen molar-refractivity contribution >= 4 is 23.8 Å². The van der Waals surface area contributed by atoms with Crippen molar-refractivity contribution in [3.63, 3.8) is 0 Å². The average Bonchev–Trinajstić information content (AvgIpc) is 3.20. The second kappa shape index (κ2) is 42.7. The van der Waals surface area contributed by atoms with E-state index in [1.165, 1.54) is 109 Å². The number of esters is 1. The first kappa shape index (κ1) is 54.1. The Morgan fingerprint density at radius 1 is 0.526 bits per heavy atom. The lowest BCUT2D eigenvalue weighted by molar-refractivity contribution is -0.150. The van der Waals surface area contributed by atoms with E-state index in [4.69, 9.17) is 14.9 Å². The fourth-order valence-corrected chi connectivity index (χ4v) is 6.78. The van der Waals surface area contributed by atoms with Crippen LogP contribution in [-0.4, -0.2) is 59.3 Å². The molecule has 0 aromatic carbocycles. The monoisotopic (exact) mass is 803 g/mol. The van der Waals surface area contributed by atoms with E-state index in [9.17, 15) is 19.2 Å². The van der Waals surface area contributed by atoms with Crippen LogP contribution in [0.5, 0.6) is 0 Å². The number of carbonyl (C=O) groups is 4. The fraction of sp³-hybridized carbons (Fsp3) is 0.792. The lowest BCUT2D eigenvalue weighted by Crippen LogP contribution is -2.47. The zero-order valence-electron chi connectivity index (χ0n) is 36.6. The second-order valence-corrected chi connectivity index (χ2v) is 15.8. The summed E-state index contributed by atoms with van der Waals surface area (Å²) in [6, 6.07) is -1.38. The van der Waals surface area contributed by atoms with Crippen LogP contribution in [0.15, 0.2) is 36.5 Å². The van der Waals surface area contributed by atoms with Gasteiger partial charge >= 0.3 is 11.9 Å². The summed E-state index contributed by atoms with van der Waals surface area (Å²) in [5.41, 5.74) is 0. The van der Waals surface area contributed by atoms with Gasteiger partial charge in [-0.3, -0.25) is 14.4 Å². The van der Waals surface area contributed by atoms with E-state index in [0.29, 0.717) is 19.3 Å². The number of rotatable bonds is 42. The maximum Gasteiger partial charge on any atom is 0.328 e. The second-order valence-electron chi connectivity index (χ2n) is 15.8. The Morgan fingerprint density at radius 2 is 0.947 bits per heavy atom. The molecule has 330 valence electrons. The van der Waals surface area contributed by atoms with Gasteiger partial charge in [-0.2, -0.15) is 0 Å². The van der Waals surface area contributed by atoms with Crippen LogP contribution in [0.2, 0.25) is 0 Å². The lowest BCUT2D eigenvalue weighted by Gasteiger charge is -2.18. The van der Waals surface area contributed by atoms with Crippen molar-refractivity contribution in [3.05, 3.63) is 36.5 Å². The molecule has 0 aromatic rings. The normalized spacial score (nSPS) is 12.8. The van der Waals surface area contributed by atoms with Crippen molar-refractivity contribution in [2.24, 2.45) is 0 Å². The minimum Gasteiger partial charge on any atom is -0.480 e. The minimum absolute atomic E-state index is 0.0178. The predicted molar refractivity (Wildman–Crippen MR) is 236 cm³/mol. The van der Waals surface area contributed by atoms with Crippen molar-refractivity contribution in [2.45, 2.75) is 231 Å². The van der Waals surface area contributed by atoms with Crippen molar-refractivity contribution in [3.8, 4) is 0 Å². The van der Waals surface area contributed by atoms with Crippen molar-refractivity contribution in [1.82, 2.24) is 10.6 Å². The van der Waals surface area contributed by atoms with E-state index in [0.717, 1.165) is 77.0 Å². The quantitative estimate of drug-likeness (QED) is 0.0273. The van der Waals surface area contributed by atoms with E-state index >= 15 is 0 Å². The number of aliphatic carboxylic acids is 1. The Balaban J connectivity index is 4.25. The molecule has 9 nitrogen and oxygen atoms in total. The highest BCUT2D eigenvalue weighted by atomic mass is 16.5. The van der Waals surface area contributed by atoms with Crippen LogP contribution in [0.1, 0.15) is 219 Å². The fourth-order valence-electron chi connectivity index (χ4n) is 6.78. The van der Waals surface area contributed by atoms with Gasteiger partial charge in [-0.05, 0) is 77.0 Å². The van der Waals surface area contributed by atoms with Crippen LogP contribution in [0.3, 0.4) is 0 Å². The van der Waals surface area contributed by atoms with Crippen LogP contribution in [0.25, 0.3) is 0 Å². The molecule has 0 fully saturated rings. The molecule has 0 rings (SSSR count). The maximum absolute atomic E-state index is 12.8. The highest BCUT2D eigenvalue weighted by molar-refractivity contribution is 5.87. The first-order valence-electron chi connectivity index (χ1n) is 23.4. The Labute approximate surface area is 348 Å². The molecular weight excluding hydrogens is 717 g/mol. The molecule has 0 saturated heterocycles. The van der Waals surface area contributed by atoms with Gasteiger partial charge in [0.05, 0.1) is 13.2 Å². The number of aliphatic hydroxyl groups excluding tert-OH is 1. The highest BCUT2D eigenvalue weighted by Crippen LogP contribution is 2.19. The van der Waals surface area contributed by atoms with Gasteiger partial charge in [-0.1, -0.05) is 166 Å². The molecule has 0 saturated carbocycles. The largest absolute Gasteiger partial charge is 0.480 e. The Bertz CT molecular complexity index is 1060. The van der Waals surface area contributed by atoms with Gasteiger partial charge < -0.3 is 25.6 Å². The molecule has 0 heterocycles. The SMILES string of the molecule is CCCCC/C=C\C/C=C\C/C=C\CCCCCCCCC(=O)OC(CCCCCCCCCCCC)CCCCCCCC(=O)NCC(=O)NC(CO)C(=O)O. The molecular formula is C48H86N2O7. The lowest BCUT2D eigenvalue weighted by atomic mass is 10.0. The van der Waals surface area contributed by atoms with E-state index in [1.54, 1.807) is 0 Å². The molecule has 57 heavy (non-hydrogen) atoms. The summed E-state index contributed by atoms with van der Waals surface area (Å²) in [4.78, 5) is 47.6. The molecule has 2 unspecified atom stereocenters. The summed E-state index contributed by atoms with van der Waals surface area (Å²) in [6.45, 7) is 3.46. The van der Waals surface area contributed by atoms with Crippen molar-refractivity contribution < 1.29 is 34.1 Å². The first-order valence-corrected chi connectivity index (χ1v) is 23.4. The Kier molecular flexibility index (Phi) is 40.5. The molecule has 0 spiro atoms. The number of allylic oxidation sites excluding steroid dienone is 6. The zero-order valence-corrected chi connectivity index (χ0v) is 36.6. The average molecular weight is 803 g/mol. The number of carbonyl (C=O) groups excluding carboxylic acids is 3. The smallest absolute Gasteiger partial charge is 0.328 e. The van der Waals surface area contributed by atoms with Gasteiger partial charge in [0.2, 0.25) is 11.8 Å². The molecule has 0 aliphatic rings. The standard InChI is InChI=1S/C48H86N2O7/c1-3-5-7-9-11-13-15-16-17-18-19-20-21-22-23-25-27-32-36-40-47(54)57-43(37-33-29-26-24-14-12-10-8-6-4-2)38-34-30-28-31-35-39-45(52)49-41-46(53)50-44(42-51)48(55)56/h11,13,16-17,19-20,43-44,51H,3-10,12,14-15,18,21-42H2,1-2H3,(H,49,52)(H,50,53)(H,55,56)/b13-11-,17-16-,20-19-. The van der Waals surface area contributed by atoms with Gasteiger partial charge in [-0.15, -0.1) is 0 Å². The van der Waals surface area contributed by atoms with Crippen LogP contribution in [-0.2, 0) is 23.9 Å². The van der Waals surface area contributed by atoms with Gasteiger partial charge in [0.15, 0.2) is 0 Å². The number of unbranched alkanes of at least 4 members (excludes halogenated alkanes) is 22. The van der Waals surface area contributed by atoms with Crippen LogP contribution in [0, 0.1) is 0 Å². The Morgan fingerprint density at radius 3 is 1.46 bits per heavy atom. The van der Waals surface area contributed by atoms with Crippen molar-refractivity contribution in [1.29, 1.82) is 0 Å². The third kappa shape index (κ3) is 39.7. The summed E-state index contributed by atoms with van der Waals surface area (Å²) in [5, 5.41) is 22.6. The van der Waals surface area contributed by atoms with Gasteiger partial charge in [0, 0.05) is 12.8 Å². The number of carboxylic acid groups (broad SMARTS) is 1. The first-order chi connectivity index (χ1) is 27.8. The molecule has 0 aliphatic heterocycles. The number of carboxylic acids is 1. The molecule has 0 aliphatic carbocycles. The van der Waals surface area contributed by atoms with Crippen LogP contribution >= 0.6 is 0 Å². The zero-order chi connectivity index (χ0) is 41.9. The predicted octanol–water partition coefficient (Wildman–Crippen LogP) is 11.8. The Hall–Kier alpha value is -2.94. The number of ether oxygens (including phenoxy) is 1.